The van der Waals surface area contributed by atoms with Crippen LogP contribution < -0.4 is 14.8 Å². The summed E-state index contributed by atoms with van der Waals surface area (Å²) in [6, 6.07) is 6.44. The minimum absolute atomic E-state index is 0.185. The van der Waals surface area contributed by atoms with Crippen molar-refractivity contribution in [2.45, 2.75) is 45.7 Å². The van der Waals surface area contributed by atoms with Crippen LogP contribution in [0.2, 0.25) is 0 Å². The molecule has 1 aromatic carbocycles. The van der Waals surface area contributed by atoms with E-state index in [1.165, 1.54) is 18.4 Å². The van der Waals surface area contributed by atoms with Gasteiger partial charge in [-0.15, -0.1) is 0 Å². The second-order valence-corrected chi connectivity index (χ2v) is 8.68. The molecule has 3 rings (SSSR count). The average Bonchev–Trinajstić information content (AvgIpc) is 2.72. The van der Waals surface area contributed by atoms with Gasteiger partial charge in [-0.3, -0.25) is 14.6 Å². The average molecular weight is 404 g/mol. The van der Waals surface area contributed by atoms with Crippen molar-refractivity contribution < 1.29 is 14.3 Å². The maximum absolute atomic E-state index is 12.5. The molecule has 0 radical (unpaired) electrons. The van der Waals surface area contributed by atoms with Crippen molar-refractivity contribution in [3.63, 3.8) is 0 Å². The fourth-order valence-electron chi connectivity index (χ4n) is 4.58. The van der Waals surface area contributed by atoms with Gasteiger partial charge in [0.1, 0.15) is 0 Å². The highest BCUT2D eigenvalue weighted by atomic mass is 16.5. The van der Waals surface area contributed by atoms with Crippen LogP contribution in [0.25, 0.3) is 0 Å². The second kappa shape index (κ2) is 10.3. The molecule has 1 aromatic rings. The Morgan fingerprint density at radius 2 is 1.72 bits per heavy atom. The predicted octanol–water partition coefficient (Wildman–Crippen LogP) is 2.76. The molecule has 1 amide bonds. The van der Waals surface area contributed by atoms with E-state index in [9.17, 15) is 4.79 Å². The van der Waals surface area contributed by atoms with Crippen molar-refractivity contribution in [1.82, 2.24) is 15.1 Å². The lowest BCUT2D eigenvalue weighted by atomic mass is 9.78. The highest BCUT2D eigenvalue weighted by Crippen LogP contribution is 2.30. The summed E-state index contributed by atoms with van der Waals surface area (Å²) >= 11 is 0. The number of hydrogen-bond donors (Lipinski definition) is 1. The molecule has 1 aliphatic carbocycles. The van der Waals surface area contributed by atoms with E-state index in [0.717, 1.165) is 50.6 Å². The molecule has 1 saturated carbocycles. The van der Waals surface area contributed by atoms with Crippen molar-refractivity contribution >= 4 is 5.91 Å². The summed E-state index contributed by atoms with van der Waals surface area (Å²) in [7, 11) is 3.32. The van der Waals surface area contributed by atoms with Crippen LogP contribution in [0.4, 0.5) is 0 Å². The van der Waals surface area contributed by atoms with E-state index in [2.05, 4.69) is 35.0 Å². The number of carbonyl (C=O) groups excluding carboxylic acids is 1. The number of nitrogens with zero attached hydrogens (tertiary/aromatic N) is 2. The lowest BCUT2D eigenvalue weighted by molar-refractivity contribution is -0.124. The lowest BCUT2D eigenvalue weighted by Gasteiger charge is -2.37. The fraction of sp³-hybridized carbons (Fsp3) is 0.696. The summed E-state index contributed by atoms with van der Waals surface area (Å²) in [5.74, 6) is 2.99. The van der Waals surface area contributed by atoms with E-state index >= 15 is 0 Å². The van der Waals surface area contributed by atoms with Gasteiger partial charge in [0.05, 0.1) is 20.8 Å². The SMILES string of the molecule is COc1ccc(CN2CCN(CC(=O)NC3CCCC(C)C3C)CC2)cc1OC. The van der Waals surface area contributed by atoms with Crippen LogP contribution in [0.15, 0.2) is 18.2 Å². The first kappa shape index (κ1) is 21.9. The number of hydrogen-bond acceptors (Lipinski definition) is 5. The number of methoxy groups -OCH3 is 2. The largest absolute Gasteiger partial charge is 0.493 e. The van der Waals surface area contributed by atoms with Crippen molar-refractivity contribution in [1.29, 1.82) is 0 Å². The first-order valence-electron chi connectivity index (χ1n) is 10.9. The number of carbonyl (C=O) groups is 1. The van der Waals surface area contributed by atoms with Gasteiger partial charge in [-0.05, 0) is 36.0 Å². The Hall–Kier alpha value is -1.79. The van der Waals surface area contributed by atoms with Crippen LogP contribution in [0.5, 0.6) is 11.5 Å². The van der Waals surface area contributed by atoms with Crippen molar-refractivity contribution in [2.24, 2.45) is 11.8 Å². The lowest BCUT2D eigenvalue weighted by Crippen LogP contribution is -2.51. The molecule has 0 bridgehead atoms. The number of benzene rings is 1. The molecule has 162 valence electrons. The van der Waals surface area contributed by atoms with E-state index in [1.807, 2.05) is 12.1 Å². The van der Waals surface area contributed by atoms with Crippen LogP contribution >= 0.6 is 0 Å². The first-order valence-corrected chi connectivity index (χ1v) is 10.9. The van der Waals surface area contributed by atoms with Crippen LogP contribution in [0.1, 0.15) is 38.7 Å². The molecular weight excluding hydrogens is 366 g/mol. The number of ether oxygens (including phenoxy) is 2. The van der Waals surface area contributed by atoms with Crippen LogP contribution in [0.3, 0.4) is 0 Å². The minimum atomic E-state index is 0.185. The number of amides is 1. The van der Waals surface area contributed by atoms with Crippen LogP contribution in [-0.4, -0.2) is 68.7 Å². The van der Waals surface area contributed by atoms with Gasteiger partial charge in [0, 0.05) is 38.8 Å². The third-order valence-corrected chi connectivity index (χ3v) is 6.74. The molecular formula is C23H37N3O3. The summed E-state index contributed by atoms with van der Waals surface area (Å²) in [4.78, 5) is 17.2. The summed E-state index contributed by atoms with van der Waals surface area (Å²) in [5.41, 5.74) is 1.22. The smallest absolute Gasteiger partial charge is 0.234 e. The molecule has 29 heavy (non-hydrogen) atoms. The number of rotatable bonds is 7. The van der Waals surface area contributed by atoms with Crippen molar-refractivity contribution in [2.75, 3.05) is 46.9 Å². The van der Waals surface area contributed by atoms with Gasteiger partial charge < -0.3 is 14.8 Å². The van der Waals surface area contributed by atoms with Crippen molar-refractivity contribution in [3.8, 4) is 11.5 Å². The maximum atomic E-state index is 12.5. The zero-order chi connectivity index (χ0) is 20.8. The van der Waals surface area contributed by atoms with Gasteiger partial charge in [0.25, 0.3) is 0 Å². The molecule has 3 unspecified atom stereocenters. The van der Waals surface area contributed by atoms with Gasteiger partial charge in [0.2, 0.25) is 5.91 Å². The Bertz CT molecular complexity index is 673. The Balaban J connectivity index is 1.43. The monoisotopic (exact) mass is 403 g/mol. The zero-order valence-corrected chi connectivity index (χ0v) is 18.4. The first-order chi connectivity index (χ1) is 14.0. The number of nitrogens with one attached hydrogen (secondary N) is 1. The maximum Gasteiger partial charge on any atom is 0.234 e. The molecule has 2 fully saturated rings. The van der Waals surface area contributed by atoms with Gasteiger partial charge in [0.15, 0.2) is 11.5 Å². The van der Waals surface area contributed by atoms with E-state index in [0.29, 0.717) is 24.4 Å². The third-order valence-electron chi connectivity index (χ3n) is 6.74. The summed E-state index contributed by atoms with van der Waals surface area (Å²) in [6.45, 7) is 9.79. The summed E-state index contributed by atoms with van der Waals surface area (Å²) in [6.07, 6.45) is 3.64. The van der Waals surface area contributed by atoms with Crippen molar-refractivity contribution in [3.05, 3.63) is 23.8 Å². The topological polar surface area (TPSA) is 54.0 Å². The highest BCUT2D eigenvalue weighted by molar-refractivity contribution is 5.78. The highest BCUT2D eigenvalue weighted by Gasteiger charge is 2.28. The molecule has 6 nitrogen and oxygen atoms in total. The Kier molecular flexibility index (Phi) is 7.78. The molecule has 0 spiro atoms. The van der Waals surface area contributed by atoms with Gasteiger partial charge >= 0.3 is 0 Å². The van der Waals surface area contributed by atoms with E-state index in [4.69, 9.17) is 9.47 Å². The molecule has 0 aromatic heterocycles. The van der Waals surface area contributed by atoms with E-state index in [-0.39, 0.29) is 5.91 Å². The number of piperazine rings is 1. The molecule has 6 heteroatoms. The van der Waals surface area contributed by atoms with Gasteiger partial charge in [-0.25, -0.2) is 0 Å². The third kappa shape index (κ3) is 5.86. The van der Waals surface area contributed by atoms with Crippen LogP contribution in [0, 0.1) is 11.8 Å². The molecule has 1 saturated heterocycles. The minimum Gasteiger partial charge on any atom is -0.493 e. The molecule has 1 N–H and O–H groups in total. The molecule has 1 aliphatic heterocycles. The normalized spacial score (nSPS) is 26.1. The standard InChI is InChI=1S/C23H37N3O3/c1-17-6-5-7-20(18(17)2)24-23(27)16-26-12-10-25(11-13-26)15-19-8-9-21(28-3)22(14-19)29-4/h8-9,14,17-18,20H,5-7,10-13,15-16H2,1-4H3,(H,24,27). The van der Waals surface area contributed by atoms with E-state index in [1.54, 1.807) is 14.2 Å². The summed E-state index contributed by atoms with van der Waals surface area (Å²) in [5, 5.41) is 3.30. The predicted molar refractivity (Wildman–Crippen MR) is 115 cm³/mol. The van der Waals surface area contributed by atoms with Gasteiger partial charge in [-0.2, -0.15) is 0 Å². The Labute approximate surface area is 175 Å². The van der Waals surface area contributed by atoms with E-state index < -0.39 is 0 Å². The molecule has 1 heterocycles. The Morgan fingerprint density at radius 3 is 2.41 bits per heavy atom. The van der Waals surface area contributed by atoms with Gasteiger partial charge in [-0.1, -0.05) is 32.8 Å². The Morgan fingerprint density at radius 1 is 1.03 bits per heavy atom. The van der Waals surface area contributed by atoms with Crippen LogP contribution in [-0.2, 0) is 11.3 Å². The fourth-order valence-corrected chi connectivity index (χ4v) is 4.58. The molecule has 3 atom stereocenters. The zero-order valence-electron chi connectivity index (χ0n) is 18.4. The second-order valence-electron chi connectivity index (χ2n) is 8.68. The quantitative estimate of drug-likeness (QED) is 0.759. The summed E-state index contributed by atoms with van der Waals surface area (Å²) < 4.78 is 10.7. The molecule has 2 aliphatic rings.